The van der Waals surface area contributed by atoms with E-state index in [4.69, 9.17) is 0 Å². The number of hydrogen-bond donors (Lipinski definition) is 0. The molecule has 232 valence electrons. The Labute approximate surface area is 289 Å². The van der Waals surface area contributed by atoms with E-state index in [1.54, 1.807) is 15.4 Å². The minimum absolute atomic E-state index is 0. The first-order valence-corrected chi connectivity index (χ1v) is 19.6. The zero-order valence-corrected chi connectivity index (χ0v) is 31.6. The van der Waals surface area contributed by atoms with Gasteiger partial charge in [-0.3, -0.25) is 0 Å². The van der Waals surface area contributed by atoms with Crippen molar-refractivity contribution in [1.82, 2.24) is 0 Å². The molecular formula is C41H43Cl2FZr. The predicted molar refractivity (Wildman–Crippen MR) is 179 cm³/mol. The zero-order chi connectivity index (χ0) is 30.7. The van der Waals surface area contributed by atoms with Gasteiger partial charge < -0.3 is 24.8 Å². The second-order valence-corrected chi connectivity index (χ2v) is 20.2. The van der Waals surface area contributed by atoms with Gasteiger partial charge in [-0.1, -0.05) is 0 Å². The molecule has 4 heteroatoms. The van der Waals surface area contributed by atoms with Crippen LogP contribution in [0.15, 0.2) is 106 Å². The third-order valence-corrected chi connectivity index (χ3v) is 17.5. The summed E-state index contributed by atoms with van der Waals surface area (Å²) in [5, 5.41) is 0. The third kappa shape index (κ3) is 6.86. The van der Waals surface area contributed by atoms with Gasteiger partial charge in [-0.25, -0.2) is 0 Å². The molecule has 0 amide bonds. The number of allylic oxidation sites excluding steroid dienone is 4. The Morgan fingerprint density at radius 2 is 1.20 bits per heavy atom. The van der Waals surface area contributed by atoms with Gasteiger partial charge in [0.25, 0.3) is 0 Å². The van der Waals surface area contributed by atoms with Gasteiger partial charge in [-0.2, -0.15) is 0 Å². The maximum Gasteiger partial charge on any atom is -1.00 e. The van der Waals surface area contributed by atoms with Crippen LogP contribution in [-0.2, 0) is 32.1 Å². The molecule has 0 bridgehead atoms. The summed E-state index contributed by atoms with van der Waals surface area (Å²) in [4.78, 5) is 0. The minimum Gasteiger partial charge on any atom is -1.00 e. The van der Waals surface area contributed by atoms with E-state index in [0.29, 0.717) is 9.54 Å². The molecule has 0 spiro atoms. The van der Waals surface area contributed by atoms with Gasteiger partial charge in [0.2, 0.25) is 0 Å². The zero-order valence-electron chi connectivity index (χ0n) is 27.6. The molecule has 2 aliphatic rings. The van der Waals surface area contributed by atoms with Crippen molar-refractivity contribution < 1.29 is 50.5 Å². The van der Waals surface area contributed by atoms with E-state index >= 15 is 0 Å². The second-order valence-electron chi connectivity index (χ2n) is 14.5. The molecule has 0 N–H and O–H groups in total. The van der Waals surface area contributed by atoms with Crippen molar-refractivity contribution in [3.8, 4) is 11.1 Å². The summed E-state index contributed by atoms with van der Waals surface area (Å²) in [6, 6.07) is 32.5. The molecular weight excluding hydrogens is 674 g/mol. The minimum atomic E-state index is -2.74. The van der Waals surface area contributed by atoms with Crippen molar-refractivity contribution in [3.05, 3.63) is 145 Å². The van der Waals surface area contributed by atoms with Crippen LogP contribution < -0.4 is 24.8 Å². The Kier molecular flexibility index (Phi) is 10.6. The largest absolute Gasteiger partial charge is 1.00 e. The first kappa shape index (κ1) is 35.5. The van der Waals surface area contributed by atoms with E-state index in [0.717, 1.165) is 5.56 Å². The van der Waals surface area contributed by atoms with Gasteiger partial charge in [0.1, 0.15) is 0 Å². The SMILES string of the molecule is CC1=[C](/[Zr+2](=[CH]\c2ccc(F)cc2)[CH]2c3cc(C(C)(C)C)ccc3-c3ccc(C(C)(C)C)cc32)C(C)C=C1c1ccccc1.[Cl-].[Cl-]. The van der Waals surface area contributed by atoms with Crippen LogP contribution in [0.3, 0.4) is 0 Å². The van der Waals surface area contributed by atoms with E-state index in [2.05, 4.69) is 132 Å². The Bertz CT molecular complexity index is 1740. The molecule has 6 rings (SSSR count). The van der Waals surface area contributed by atoms with E-state index in [-0.39, 0.29) is 41.5 Å². The van der Waals surface area contributed by atoms with Crippen LogP contribution in [0.2, 0.25) is 0 Å². The Morgan fingerprint density at radius 1 is 0.689 bits per heavy atom. The molecule has 1 unspecified atom stereocenters. The first-order chi connectivity index (χ1) is 20.3. The number of fused-ring (bicyclic) bond motifs is 3. The monoisotopic (exact) mass is 714 g/mol. The van der Waals surface area contributed by atoms with E-state index in [9.17, 15) is 4.39 Å². The van der Waals surface area contributed by atoms with Crippen molar-refractivity contribution in [3.63, 3.8) is 0 Å². The molecule has 4 aromatic rings. The van der Waals surface area contributed by atoms with Crippen molar-refractivity contribution in [1.29, 1.82) is 0 Å². The van der Waals surface area contributed by atoms with Gasteiger partial charge in [-0.05, 0) is 0 Å². The van der Waals surface area contributed by atoms with Crippen LogP contribution in [0.1, 0.15) is 92.4 Å². The molecule has 0 aromatic heterocycles. The summed E-state index contributed by atoms with van der Waals surface area (Å²) in [5.41, 5.74) is 13.9. The maximum atomic E-state index is 14.1. The van der Waals surface area contributed by atoms with Crippen molar-refractivity contribution in [2.45, 2.75) is 69.8 Å². The molecule has 4 aromatic carbocycles. The fraction of sp³-hybridized carbons (Fsp3) is 0.293. The summed E-state index contributed by atoms with van der Waals surface area (Å²) in [6.07, 6.45) is 2.49. The molecule has 1 atom stereocenters. The van der Waals surface area contributed by atoms with Crippen LogP contribution in [0.4, 0.5) is 4.39 Å². The van der Waals surface area contributed by atoms with Crippen molar-refractivity contribution in [2.75, 3.05) is 0 Å². The predicted octanol–water partition coefficient (Wildman–Crippen LogP) is 4.97. The Morgan fingerprint density at radius 3 is 1.69 bits per heavy atom. The third-order valence-electron chi connectivity index (χ3n) is 9.33. The average molecular weight is 717 g/mol. The molecule has 0 radical (unpaired) electrons. The molecule has 2 aliphatic carbocycles. The Hall–Kier alpha value is -2.38. The quantitative estimate of drug-likeness (QED) is 0.280. The van der Waals surface area contributed by atoms with Gasteiger partial charge in [0.05, 0.1) is 0 Å². The summed E-state index contributed by atoms with van der Waals surface area (Å²) in [5.74, 6) is 0.187. The van der Waals surface area contributed by atoms with Crippen LogP contribution in [0.5, 0.6) is 0 Å². The summed E-state index contributed by atoms with van der Waals surface area (Å²) in [7, 11) is 0. The summed E-state index contributed by atoms with van der Waals surface area (Å²) < 4.78 is 18.7. The van der Waals surface area contributed by atoms with Gasteiger partial charge in [-0.15, -0.1) is 0 Å². The van der Waals surface area contributed by atoms with Crippen LogP contribution in [-0.4, -0.2) is 3.71 Å². The fourth-order valence-electron chi connectivity index (χ4n) is 6.94. The molecule has 0 fully saturated rings. The van der Waals surface area contributed by atoms with Gasteiger partial charge >= 0.3 is 267 Å². The van der Waals surface area contributed by atoms with Gasteiger partial charge in [0, 0.05) is 0 Å². The van der Waals surface area contributed by atoms with Crippen LogP contribution >= 0.6 is 0 Å². The second kappa shape index (κ2) is 13.4. The number of hydrogen-bond acceptors (Lipinski definition) is 0. The molecule has 0 saturated carbocycles. The van der Waals surface area contributed by atoms with Crippen LogP contribution in [0, 0.1) is 11.7 Å². The van der Waals surface area contributed by atoms with E-state index in [1.165, 1.54) is 50.1 Å². The van der Waals surface area contributed by atoms with Crippen molar-refractivity contribution in [2.24, 2.45) is 5.92 Å². The maximum absolute atomic E-state index is 14.1. The summed E-state index contributed by atoms with van der Waals surface area (Å²) in [6.45, 7) is 18.6. The summed E-state index contributed by atoms with van der Waals surface area (Å²) >= 11 is -2.74. The molecule has 0 saturated heterocycles. The molecule has 45 heavy (non-hydrogen) atoms. The van der Waals surface area contributed by atoms with Crippen molar-refractivity contribution >= 4 is 9.28 Å². The van der Waals surface area contributed by atoms with E-state index < -0.39 is 21.3 Å². The molecule has 0 aliphatic heterocycles. The fourth-order valence-corrected chi connectivity index (χ4v) is 15.6. The van der Waals surface area contributed by atoms with Crippen LogP contribution in [0.25, 0.3) is 16.7 Å². The number of benzene rings is 4. The molecule has 0 heterocycles. The smallest absolute Gasteiger partial charge is 1.00 e. The molecule has 0 nitrogen and oxygen atoms in total. The normalized spacial score (nSPS) is 16.1. The first-order valence-electron chi connectivity index (χ1n) is 15.6. The van der Waals surface area contributed by atoms with Gasteiger partial charge in [0.15, 0.2) is 0 Å². The Balaban J connectivity index is 0.00000230. The van der Waals surface area contributed by atoms with E-state index in [1.807, 2.05) is 12.1 Å². The number of rotatable bonds is 4. The average Bonchev–Trinajstić information content (AvgIpc) is 3.45. The standard InChI is InChI=1S/C21H25.C13H13.C7H5F.2ClH.Zr/c1-20(2,3)16-7-9-18-14(12-16)11-15-13-17(21(4,5)6)8-10-19(15)18;1-10-8-11(2)13(9-10)12-6-4-3-5-7-12;1-6-2-4-7(8)5-3-6;;;/h7-13H,1-6H3;3-7,9-10H,1-2H3;1-5H;2*1H;/q;;;;;+2/p-2. The topological polar surface area (TPSA) is 0 Å². The number of halogens is 3.